The second kappa shape index (κ2) is 10.9. The van der Waals surface area contributed by atoms with Crippen molar-refractivity contribution in [2.45, 2.75) is 6.92 Å². The van der Waals surface area contributed by atoms with Crippen molar-refractivity contribution in [3.8, 4) is 11.5 Å². The summed E-state index contributed by atoms with van der Waals surface area (Å²) >= 11 is 3.48. The number of carbonyl (C=O) groups is 1. The van der Waals surface area contributed by atoms with Crippen LogP contribution in [0.3, 0.4) is 0 Å². The minimum absolute atomic E-state index is 0.154. The molecular formula is C18H24BrN3O4. The Kier molecular flexibility index (Phi) is 8.60. The van der Waals surface area contributed by atoms with Crippen LogP contribution in [0.4, 0.5) is 0 Å². The van der Waals surface area contributed by atoms with Crippen molar-refractivity contribution in [1.29, 1.82) is 0 Å². The molecule has 1 aliphatic rings. The fourth-order valence-electron chi connectivity index (χ4n) is 2.38. The van der Waals surface area contributed by atoms with Gasteiger partial charge < -0.3 is 14.2 Å². The summed E-state index contributed by atoms with van der Waals surface area (Å²) in [5.74, 6) is 1.06. The quantitative estimate of drug-likeness (QED) is 0.373. The van der Waals surface area contributed by atoms with Crippen molar-refractivity contribution in [2.75, 3.05) is 46.1 Å². The van der Waals surface area contributed by atoms with Gasteiger partial charge in [0.1, 0.15) is 6.61 Å². The van der Waals surface area contributed by atoms with Crippen LogP contribution in [0.15, 0.2) is 34.4 Å². The van der Waals surface area contributed by atoms with E-state index in [1.165, 1.54) is 0 Å². The first-order valence-electron chi connectivity index (χ1n) is 8.46. The summed E-state index contributed by atoms with van der Waals surface area (Å²) in [7, 11) is 0. The molecule has 0 aromatic heterocycles. The fourth-order valence-corrected chi connectivity index (χ4v) is 2.96. The van der Waals surface area contributed by atoms with Gasteiger partial charge in [0.2, 0.25) is 0 Å². The summed E-state index contributed by atoms with van der Waals surface area (Å²) in [6.07, 6.45) is 3.24. The molecule has 1 N–H and O–H groups in total. The van der Waals surface area contributed by atoms with Crippen molar-refractivity contribution >= 4 is 28.1 Å². The molecule has 1 heterocycles. The van der Waals surface area contributed by atoms with Crippen LogP contribution >= 0.6 is 15.9 Å². The number of rotatable bonds is 9. The van der Waals surface area contributed by atoms with E-state index in [1.807, 2.05) is 24.0 Å². The number of morpholine rings is 1. The second-order valence-corrected chi connectivity index (χ2v) is 6.40. The summed E-state index contributed by atoms with van der Waals surface area (Å²) in [5, 5.41) is 4.03. The normalized spacial score (nSPS) is 15.0. The van der Waals surface area contributed by atoms with E-state index in [2.05, 4.69) is 33.0 Å². The number of nitrogens with zero attached hydrogens (tertiary/aromatic N) is 2. The number of hydrogen-bond acceptors (Lipinski definition) is 6. The molecule has 7 nitrogen and oxygen atoms in total. The first kappa shape index (κ1) is 20.4. The maximum atomic E-state index is 11.9. The average Bonchev–Trinajstić information content (AvgIpc) is 2.62. The van der Waals surface area contributed by atoms with E-state index < -0.39 is 0 Å². The molecule has 26 heavy (non-hydrogen) atoms. The summed E-state index contributed by atoms with van der Waals surface area (Å²) in [4.78, 5) is 14.0. The zero-order valence-electron chi connectivity index (χ0n) is 14.9. The number of hydrazone groups is 1. The lowest BCUT2D eigenvalue weighted by molar-refractivity contribution is -0.123. The highest BCUT2D eigenvalue weighted by Crippen LogP contribution is 2.36. The SMILES string of the molecule is C=CCOc1c(Br)cc(/C=N/NC(=O)CN2CCOCC2)cc1OCC. The van der Waals surface area contributed by atoms with Gasteiger partial charge in [-0.25, -0.2) is 5.43 Å². The number of carbonyl (C=O) groups excluding carboxylic acids is 1. The van der Waals surface area contributed by atoms with Gasteiger partial charge in [0.05, 0.1) is 37.1 Å². The van der Waals surface area contributed by atoms with Crippen molar-refractivity contribution in [1.82, 2.24) is 10.3 Å². The highest BCUT2D eigenvalue weighted by Gasteiger charge is 2.14. The van der Waals surface area contributed by atoms with Gasteiger partial charge in [0.25, 0.3) is 5.91 Å². The smallest absolute Gasteiger partial charge is 0.254 e. The maximum Gasteiger partial charge on any atom is 0.254 e. The molecule has 0 spiro atoms. The molecule has 1 aromatic carbocycles. The monoisotopic (exact) mass is 425 g/mol. The number of amides is 1. The molecule has 2 rings (SSSR count). The highest BCUT2D eigenvalue weighted by atomic mass is 79.9. The third-order valence-electron chi connectivity index (χ3n) is 3.55. The summed E-state index contributed by atoms with van der Waals surface area (Å²) in [6, 6.07) is 3.66. The second-order valence-electron chi connectivity index (χ2n) is 5.54. The Morgan fingerprint density at radius 3 is 2.88 bits per heavy atom. The lowest BCUT2D eigenvalue weighted by Gasteiger charge is -2.25. The predicted molar refractivity (Wildman–Crippen MR) is 104 cm³/mol. The van der Waals surface area contributed by atoms with Crippen LogP contribution in [-0.4, -0.2) is 63.1 Å². The Bertz CT molecular complexity index is 646. The molecule has 0 aliphatic carbocycles. The predicted octanol–water partition coefficient (Wildman–Crippen LogP) is 2.19. The van der Waals surface area contributed by atoms with E-state index in [0.717, 1.165) is 23.1 Å². The molecule has 8 heteroatoms. The standard InChI is InChI=1S/C18H24BrN3O4/c1-3-7-26-18-15(19)10-14(11-16(18)25-4-2)12-20-21-17(23)13-22-5-8-24-9-6-22/h3,10-12H,1,4-9,13H2,2H3,(H,21,23)/b20-12+. The van der Waals surface area contributed by atoms with Gasteiger partial charge in [-0.15, -0.1) is 0 Å². The van der Waals surface area contributed by atoms with Crippen molar-refractivity contribution < 1.29 is 19.0 Å². The van der Waals surface area contributed by atoms with Gasteiger partial charge in [0, 0.05) is 13.1 Å². The Labute approximate surface area is 162 Å². The fraction of sp³-hybridized carbons (Fsp3) is 0.444. The van der Waals surface area contributed by atoms with E-state index >= 15 is 0 Å². The number of hydrogen-bond donors (Lipinski definition) is 1. The molecule has 0 radical (unpaired) electrons. The maximum absolute atomic E-state index is 11.9. The molecule has 0 atom stereocenters. The van der Waals surface area contributed by atoms with Crippen LogP contribution in [-0.2, 0) is 9.53 Å². The summed E-state index contributed by atoms with van der Waals surface area (Å²) in [6.45, 7) is 9.57. The Balaban J connectivity index is 1.97. The zero-order valence-corrected chi connectivity index (χ0v) is 16.5. The van der Waals surface area contributed by atoms with E-state index in [1.54, 1.807) is 12.3 Å². The van der Waals surface area contributed by atoms with Gasteiger partial charge in [-0.2, -0.15) is 5.10 Å². The molecule has 0 unspecified atom stereocenters. The lowest BCUT2D eigenvalue weighted by Crippen LogP contribution is -2.42. The van der Waals surface area contributed by atoms with Crippen molar-refractivity contribution in [3.05, 3.63) is 34.8 Å². The molecule has 1 aliphatic heterocycles. The minimum Gasteiger partial charge on any atom is -0.490 e. The van der Waals surface area contributed by atoms with E-state index in [-0.39, 0.29) is 5.91 Å². The molecular weight excluding hydrogens is 402 g/mol. The number of benzene rings is 1. The molecule has 1 saturated heterocycles. The van der Waals surface area contributed by atoms with Crippen LogP contribution in [0.25, 0.3) is 0 Å². The minimum atomic E-state index is -0.154. The van der Waals surface area contributed by atoms with E-state index in [9.17, 15) is 4.79 Å². The van der Waals surface area contributed by atoms with Crippen LogP contribution in [0, 0.1) is 0 Å². The van der Waals surface area contributed by atoms with Crippen molar-refractivity contribution in [3.63, 3.8) is 0 Å². The summed E-state index contributed by atoms with van der Waals surface area (Å²) in [5.41, 5.74) is 3.32. The first-order chi connectivity index (χ1) is 12.6. The Hall–Kier alpha value is -1.90. The molecule has 0 saturated carbocycles. The van der Waals surface area contributed by atoms with Crippen LogP contribution in [0.2, 0.25) is 0 Å². The molecule has 0 bridgehead atoms. The van der Waals surface area contributed by atoms with Crippen LogP contribution in [0.1, 0.15) is 12.5 Å². The zero-order chi connectivity index (χ0) is 18.8. The Morgan fingerprint density at radius 2 is 2.19 bits per heavy atom. The number of halogens is 1. The number of nitrogens with one attached hydrogen (secondary N) is 1. The molecule has 142 valence electrons. The molecule has 1 aromatic rings. The van der Waals surface area contributed by atoms with E-state index in [4.69, 9.17) is 14.2 Å². The van der Waals surface area contributed by atoms with Gasteiger partial charge in [-0.1, -0.05) is 12.7 Å². The Morgan fingerprint density at radius 1 is 1.42 bits per heavy atom. The third-order valence-corrected chi connectivity index (χ3v) is 4.14. The van der Waals surface area contributed by atoms with Gasteiger partial charge in [-0.05, 0) is 40.5 Å². The topological polar surface area (TPSA) is 72.4 Å². The summed E-state index contributed by atoms with van der Waals surface area (Å²) < 4.78 is 17.3. The highest BCUT2D eigenvalue weighted by molar-refractivity contribution is 9.10. The van der Waals surface area contributed by atoms with Crippen LogP contribution in [0.5, 0.6) is 11.5 Å². The lowest BCUT2D eigenvalue weighted by atomic mass is 10.2. The largest absolute Gasteiger partial charge is 0.490 e. The van der Waals surface area contributed by atoms with Gasteiger partial charge in [-0.3, -0.25) is 9.69 Å². The number of ether oxygens (including phenoxy) is 3. The van der Waals surface area contributed by atoms with Crippen LogP contribution < -0.4 is 14.9 Å². The molecule has 1 fully saturated rings. The van der Waals surface area contributed by atoms with E-state index in [0.29, 0.717) is 44.5 Å². The van der Waals surface area contributed by atoms with Gasteiger partial charge >= 0.3 is 0 Å². The van der Waals surface area contributed by atoms with Gasteiger partial charge in [0.15, 0.2) is 11.5 Å². The average molecular weight is 426 g/mol. The first-order valence-corrected chi connectivity index (χ1v) is 9.25. The van der Waals surface area contributed by atoms with Crippen molar-refractivity contribution in [2.24, 2.45) is 5.10 Å². The third kappa shape index (κ3) is 6.44. The molecule has 1 amide bonds.